The van der Waals surface area contributed by atoms with Crippen molar-refractivity contribution in [2.75, 3.05) is 27.2 Å². The first-order valence-corrected chi connectivity index (χ1v) is 9.43. The Morgan fingerprint density at radius 2 is 1.96 bits per heavy atom. The molecule has 6 heteroatoms. The molecular weight excluding hydrogens is 306 g/mol. The Kier molecular flexibility index (Phi) is 9.17. The fraction of sp³-hybridized carbons (Fsp3) is 0.765. The van der Waals surface area contributed by atoms with E-state index in [1.54, 1.807) is 11.3 Å². The first kappa shape index (κ1) is 19.9. The molecule has 0 amide bonds. The predicted molar refractivity (Wildman–Crippen MR) is 101 cm³/mol. The summed E-state index contributed by atoms with van der Waals surface area (Å²) in [4.78, 5) is 12.6. The maximum Gasteiger partial charge on any atom is 0.191 e. The molecule has 0 bridgehead atoms. The third kappa shape index (κ3) is 6.87. The number of hydrogen-bond acceptors (Lipinski definition) is 4. The van der Waals surface area contributed by atoms with Crippen LogP contribution in [0.25, 0.3) is 0 Å². The lowest BCUT2D eigenvalue weighted by Gasteiger charge is -2.32. The molecule has 0 spiro atoms. The molecule has 1 aromatic heterocycles. The maximum absolute atomic E-state index is 4.66. The summed E-state index contributed by atoms with van der Waals surface area (Å²) in [5.74, 6) is 1.57. The Morgan fingerprint density at radius 1 is 1.26 bits per heavy atom. The molecule has 0 aromatic carbocycles. The summed E-state index contributed by atoms with van der Waals surface area (Å²) in [7, 11) is 4.32. The molecule has 1 atom stereocenters. The Balaban J connectivity index is 2.66. The van der Waals surface area contributed by atoms with E-state index in [0.29, 0.717) is 18.5 Å². The molecular formula is C17H33N5S. The van der Waals surface area contributed by atoms with Crippen LogP contribution in [-0.2, 0) is 6.54 Å². The number of nitrogens with one attached hydrogen (secondary N) is 2. The van der Waals surface area contributed by atoms with Gasteiger partial charge in [-0.2, -0.15) is 0 Å². The number of aryl methyl sites for hydroxylation is 1. The molecule has 2 N–H and O–H groups in total. The molecule has 0 saturated heterocycles. The van der Waals surface area contributed by atoms with Crippen molar-refractivity contribution in [3.63, 3.8) is 0 Å². The van der Waals surface area contributed by atoms with Crippen molar-refractivity contribution in [2.45, 2.75) is 53.1 Å². The molecule has 1 unspecified atom stereocenters. The second-order valence-electron chi connectivity index (χ2n) is 6.05. The highest BCUT2D eigenvalue weighted by Gasteiger charge is 2.20. The quantitative estimate of drug-likeness (QED) is 0.536. The average molecular weight is 340 g/mol. The Labute approximate surface area is 145 Å². The number of hydrogen-bond donors (Lipinski definition) is 2. The van der Waals surface area contributed by atoms with Crippen LogP contribution >= 0.6 is 11.3 Å². The molecule has 0 aliphatic heterocycles. The summed E-state index contributed by atoms with van der Waals surface area (Å²) >= 11 is 1.71. The Hall–Kier alpha value is -1.14. The monoisotopic (exact) mass is 339 g/mol. The summed E-state index contributed by atoms with van der Waals surface area (Å²) in [5, 5.41) is 7.89. The highest BCUT2D eigenvalue weighted by Crippen LogP contribution is 2.16. The van der Waals surface area contributed by atoms with Crippen molar-refractivity contribution < 1.29 is 0 Å². The van der Waals surface area contributed by atoms with E-state index in [9.17, 15) is 0 Å². The first-order valence-electron chi connectivity index (χ1n) is 8.61. The summed E-state index contributed by atoms with van der Waals surface area (Å²) in [6.07, 6.45) is 4.31. The summed E-state index contributed by atoms with van der Waals surface area (Å²) < 4.78 is 0. The van der Waals surface area contributed by atoms with Crippen molar-refractivity contribution in [1.82, 2.24) is 20.5 Å². The first-order chi connectivity index (χ1) is 11.0. The lowest BCUT2D eigenvalue weighted by molar-refractivity contribution is 0.200. The normalized spacial score (nSPS) is 13.7. The van der Waals surface area contributed by atoms with Gasteiger partial charge in [-0.25, -0.2) is 9.98 Å². The molecule has 132 valence electrons. The van der Waals surface area contributed by atoms with Gasteiger partial charge in [-0.05, 0) is 33.9 Å². The van der Waals surface area contributed by atoms with E-state index in [-0.39, 0.29) is 0 Å². The summed E-state index contributed by atoms with van der Waals surface area (Å²) in [6, 6.07) is 0.510. The second kappa shape index (κ2) is 10.6. The van der Waals surface area contributed by atoms with Crippen LogP contribution in [0.4, 0.5) is 0 Å². The Morgan fingerprint density at radius 3 is 2.43 bits per heavy atom. The van der Waals surface area contributed by atoms with Crippen LogP contribution in [-0.4, -0.2) is 49.1 Å². The lowest BCUT2D eigenvalue weighted by Crippen LogP contribution is -2.48. The van der Waals surface area contributed by atoms with Crippen molar-refractivity contribution in [2.24, 2.45) is 10.9 Å². The standard InChI is InChI=1S/C17H33N5S/c1-7-14(8-2)15(22(5)6)11-20-17(18-9-3)21-12-16-19-10-13(4)23-16/h10,14-15H,7-9,11-12H2,1-6H3,(H2,18,20,21). The number of aliphatic imine (C=N–C) groups is 1. The smallest absolute Gasteiger partial charge is 0.191 e. The van der Waals surface area contributed by atoms with E-state index in [4.69, 9.17) is 0 Å². The number of guanidine groups is 1. The van der Waals surface area contributed by atoms with Crippen LogP contribution in [0.2, 0.25) is 0 Å². The third-order valence-corrected chi connectivity index (χ3v) is 5.02. The molecule has 0 fully saturated rings. The minimum atomic E-state index is 0.510. The van der Waals surface area contributed by atoms with E-state index in [1.807, 2.05) is 6.20 Å². The van der Waals surface area contributed by atoms with E-state index in [1.165, 1.54) is 17.7 Å². The van der Waals surface area contributed by atoms with Gasteiger partial charge in [0.2, 0.25) is 0 Å². The average Bonchev–Trinajstić information content (AvgIpc) is 2.94. The fourth-order valence-electron chi connectivity index (χ4n) is 2.77. The highest BCUT2D eigenvalue weighted by atomic mass is 32.1. The van der Waals surface area contributed by atoms with Crippen LogP contribution in [0.3, 0.4) is 0 Å². The zero-order valence-corrected chi connectivity index (χ0v) is 16.3. The molecule has 0 saturated carbocycles. The van der Waals surface area contributed by atoms with Gasteiger partial charge in [-0.3, -0.25) is 0 Å². The highest BCUT2D eigenvalue weighted by molar-refractivity contribution is 7.11. The van der Waals surface area contributed by atoms with Crippen molar-refractivity contribution in [1.29, 1.82) is 0 Å². The van der Waals surface area contributed by atoms with E-state index in [2.05, 4.69) is 67.3 Å². The van der Waals surface area contributed by atoms with Crippen LogP contribution in [0.5, 0.6) is 0 Å². The largest absolute Gasteiger partial charge is 0.357 e. The molecule has 0 aliphatic rings. The molecule has 23 heavy (non-hydrogen) atoms. The van der Waals surface area contributed by atoms with Crippen molar-refractivity contribution in [3.8, 4) is 0 Å². The number of rotatable bonds is 9. The van der Waals surface area contributed by atoms with Crippen LogP contribution in [0, 0.1) is 12.8 Å². The van der Waals surface area contributed by atoms with Gasteiger partial charge in [0, 0.05) is 30.2 Å². The molecule has 5 nitrogen and oxygen atoms in total. The Bertz CT molecular complexity index is 465. The number of thiazole rings is 1. The predicted octanol–water partition coefficient (Wildman–Crippen LogP) is 2.87. The lowest BCUT2D eigenvalue weighted by atomic mass is 9.93. The van der Waals surface area contributed by atoms with E-state index < -0.39 is 0 Å². The summed E-state index contributed by atoms with van der Waals surface area (Å²) in [6.45, 7) is 11.1. The number of aromatic nitrogens is 1. The summed E-state index contributed by atoms with van der Waals surface area (Å²) in [5.41, 5.74) is 0. The molecule has 1 rings (SSSR count). The minimum absolute atomic E-state index is 0.510. The molecule has 1 aromatic rings. The molecule has 0 radical (unpaired) electrons. The van der Waals surface area contributed by atoms with Crippen LogP contribution in [0.15, 0.2) is 11.2 Å². The van der Waals surface area contributed by atoms with Crippen LogP contribution < -0.4 is 10.6 Å². The van der Waals surface area contributed by atoms with Gasteiger partial charge in [-0.1, -0.05) is 26.7 Å². The topological polar surface area (TPSA) is 52.6 Å². The zero-order valence-electron chi connectivity index (χ0n) is 15.5. The van der Waals surface area contributed by atoms with Gasteiger partial charge < -0.3 is 15.5 Å². The van der Waals surface area contributed by atoms with Gasteiger partial charge in [0.15, 0.2) is 5.96 Å². The maximum atomic E-state index is 4.66. The third-order valence-electron chi connectivity index (χ3n) is 4.12. The van der Waals surface area contributed by atoms with Gasteiger partial charge >= 0.3 is 0 Å². The second-order valence-corrected chi connectivity index (χ2v) is 7.37. The number of nitrogens with zero attached hydrogens (tertiary/aromatic N) is 3. The van der Waals surface area contributed by atoms with Gasteiger partial charge in [-0.15, -0.1) is 11.3 Å². The molecule has 0 aliphatic carbocycles. The van der Waals surface area contributed by atoms with Crippen molar-refractivity contribution in [3.05, 3.63) is 16.1 Å². The van der Waals surface area contributed by atoms with E-state index >= 15 is 0 Å². The van der Waals surface area contributed by atoms with Gasteiger partial charge in [0.1, 0.15) is 5.01 Å². The van der Waals surface area contributed by atoms with Crippen LogP contribution in [0.1, 0.15) is 43.5 Å². The number of likely N-dealkylation sites (N-methyl/N-ethyl adjacent to an activating group) is 1. The zero-order chi connectivity index (χ0) is 17.2. The molecule has 1 heterocycles. The van der Waals surface area contributed by atoms with E-state index in [0.717, 1.165) is 24.1 Å². The SMILES string of the molecule is CCNC(=NCc1ncc(C)s1)NCC(C(CC)CC)N(C)C. The van der Waals surface area contributed by atoms with Gasteiger partial charge in [0.05, 0.1) is 6.54 Å². The van der Waals surface area contributed by atoms with Gasteiger partial charge in [0.25, 0.3) is 0 Å². The van der Waals surface area contributed by atoms with Crippen molar-refractivity contribution >= 4 is 17.3 Å². The fourth-order valence-corrected chi connectivity index (χ4v) is 3.48. The minimum Gasteiger partial charge on any atom is -0.357 e.